The molecule has 13 heavy (non-hydrogen) atoms. The van der Waals surface area contributed by atoms with E-state index in [1.165, 1.54) is 0 Å². The number of Topliss-reactive ketones (excluding diaryl/α,β-unsaturated/α-hetero) is 1. The molecule has 0 aromatic rings. The Bertz CT molecular complexity index is 273. The lowest BCUT2D eigenvalue weighted by atomic mass is 9.90. The van der Waals surface area contributed by atoms with E-state index in [9.17, 15) is 4.79 Å². The Morgan fingerprint density at radius 3 is 2.54 bits per heavy atom. The van der Waals surface area contributed by atoms with Gasteiger partial charge in [-0.3, -0.25) is 4.79 Å². The van der Waals surface area contributed by atoms with Crippen molar-refractivity contribution < 1.29 is 9.53 Å². The zero-order valence-electron chi connectivity index (χ0n) is 7.36. The van der Waals surface area contributed by atoms with Crippen LogP contribution >= 0.6 is 0 Å². The number of ketones is 1. The predicted octanol–water partition coefficient (Wildman–Crippen LogP) is 0.644. The minimum absolute atomic E-state index is 0.156. The minimum Gasteiger partial charge on any atom is -0.378 e. The van der Waals surface area contributed by atoms with Crippen molar-refractivity contribution in [2.45, 2.75) is 19.4 Å². The maximum Gasteiger partial charge on any atom is 0.191 e. The third kappa shape index (κ3) is 1.85. The van der Waals surface area contributed by atoms with E-state index in [4.69, 9.17) is 15.3 Å². The van der Waals surface area contributed by atoms with Gasteiger partial charge in [0.2, 0.25) is 0 Å². The van der Waals surface area contributed by atoms with Gasteiger partial charge in [0, 0.05) is 12.5 Å². The molecule has 1 aliphatic rings. The average molecular weight is 178 g/mol. The van der Waals surface area contributed by atoms with Gasteiger partial charge in [0.05, 0.1) is 18.2 Å². The Labute approximate surface area is 76.7 Å². The molecule has 1 saturated heterocycles. The van der Waals surface area contributed by atoms with Crippen LogP contribution in [0.25, 0.3) is 0 Å². The first-order valence-corrected chi connectivity index (χ1v) is 4.15. The monoisotopic (exact) mass is 178 g/mol. The van der Waals surface area contributed by atoms with E-state index in [-0.39, 0.29) is 17.8 Å². The zero-order chi connectivity index (χ0) is 9.84. The molecule has 4 heteroatoms. The highest BCUT2D eigenvalue weighted by Gasteiger charge is 2.34. The van der Waals surface area contributed by atoms with E-state index >= 15 is 0 Å². The van der Waals surface area contributed by atoms with Gasteiger partial charge in [0.25, 0.3) is 0 Å². The zero-order valence-corrected chi connectivity index (χ0v) is 7.36. The number of carbonyl (C=O) groups is 1. The van der Waals surface area contributed by atoms with Crippen LogP contribution < -0.4 is 0 Å². The molecule has 0 spiro atoms. The van der Waals surface area contributed by atoms with Crippen LogP contribution in [0.5, 0.6) is 0 Å². The molecule has 2 unspecified atom stereocenters. The Balaban J connectivity index is 2.68. The molecule has 0 saturated carbocycles. The SMILES string of the molecule is CC1OCCC1C(=O)C(C#N)C#N. The van der Waals surface area contributed by atoms with Crippen molar-refractivity contribution in [2.75, 3.05) is 6.61 Å². The van der Waals surface area contributed by atoms with Crippen molar-refractivity contribution in [3.63, 3.8) is 0 Å². The van der Waals surface area contributed by atoms with Gasteiger partial charge in [-0.25, -0.2) is 0 Å². The fourth-order valence-corrected chi connectivity index (χ4v) is 1.48. The van der Waals surface area contributed by atoms with Gasteiger partial charge in [0.15, 0.2) is 11.7 Å². The molecule has 0 aliphatic carbocycles. The summed E-state index contributed by atoms with van der Waals surface area (Å²) >= 11 is 0. The number of nitrogens with zero attached hydrogens (tertiary/aromatic N) is 2. The van der Waals surface area contributed by atoms with Crippen LogP contribution in [0.3, 0.4) is 0 Å². The smallest absolute Gasteiger partial charge is 0.191 e. The summed E-state index contributed by atoms with van der Waals surface area (Å²) in [6, 6.07) is 3.37. The number of carbonyl (C=O) groups excluding carboxylic acids is 1. The number of ether oxygens (including phenoxy) is 1. The topological polar surface area (TPSA) is 73.9 Å². The van der Waals surface area contributed by atoms with Gasteiger partial charge in [-0.05, 0) is 13.3 Å². The Morgan fingerprint density at radius 2 is 2.15 bits per heavy atom. The standard InChI is InChI=1S/C9H10N2O2/c1-6-8(2-3-13-6)9(12)7(4-10)5-11/h6-8H,2-3H2,1H3. The molecule has 0 radical (unpaired) electrons. The maximum atomic E-state index is 11.5. The summed E-state index contributed by atoms with van der Waals surface area (Å²) in [5.41, 5.74) is 0. The molecule has 1 heterocycles. The van der Waals surface area contributed by atoms with Gasteiger partial charge in [-0.15, -0.1) is 0 Å². The normalized spacial score (nSPS) is 26.8. The molecular formula is C9H10N2O2. The first-order chi connectivity index (χ1) is 6.20. The van der Waals surface area contributed by atoms with Crippen molar-refractivity contribution in [1.82, 2.24) is 0 Å². The second-order valence-corrected chi connectivity index (χ2v) is 3.06. The summed E-state index contributed by atoms with van der Waals surface area (Å²) < 4.78 is 5.19. The quantitative estimate of drug-likeness (QED) is 0.622. The predicted molar refractivity (Wildman–Crippen MR) is 43.2 cm³/mol. The maximum absolute atomic E-state index is 11.5. The third-order valence-corrected chi connectivity index (χ3v) is 2.28. The molecule has 0 amide bonds. The Kier molecular flexibility index (Phi) is 3.00. The molecule has 1 rings (SSSR count). The van der Waals surface area contributed by atoms with Gasteiger partial charge in [-0.2, -0.15) is 10.5 Å². The first kappa shape index (κ1) is 9.70. The summed E-state index contributed by atoms with van der Waals surface area (Å²) in [7, 11) is 0. The second-order valence-electron chi connectivity index (χ2n) is 3.06. The average Bonchev–Trinajstić information content (AvgIpc) is 2.53. The number of nitriles is 2. The van der Waals surface area contributed by atoms with E-state index in [2.05, 4.69) is 0 Å². The van der Waals surface area contributed by atoms with Crippen LogP contribution in [0.15, 0.2) is 0 Å². The molecule has 68 valence electrons. The van der Waals surface area contributed by atoms with Crippen molar-refractivity contribution in [3.05, 3.63) is 0 Å². The van der Waals surface area contributed by atoms with Crippen molar-refractivity contribution >= 4 is 5.78 Å². The number of hydrogen-bond donors (Lipinski definition) is 0. The largest absolute Gasteiger partial charge is 0.378 e. The molecule has 0 aromatic carbocycles. The second kappa shape index (κ2) is 4.02. The van der Waals surface area contributed by atoms with Crippen LogP contribution in [-0.2, 0) is 9.53 Å². The van der Waals surface area contributed by atoms with Gasteiger partial charge < -0.3 is 4.74 Å². The van der Waals surface area contributed by atoms with Crippen LogP contribution in [0, 0.1) is 34.5 Å². The fraction of sp³-hybridized carbons (Fsp3) is 0.667. The fourth-order valence-electron chi connectivity index (χ4n) is 1.48. The molecule has 2 atom stereocenters. The van der Waals surface area contributed by atoms with Crippen LogP contribution in [0.4, 0.5) is 0 Å². The Hall–Kier alpha value is -1.39. The lowest BCUT2D eigenvalue weighted by molar-refractivity contribution is -0.125. The highest BCUT2D eigenvalue weighted by atomic mass is 16.5. The summed E-state index contributed by atoms with van der Waals surface area (Å²) in [6.07, 6.45) is 0.469. The van der Waals surface area contributed by atoms with Crippen LogP contribution in [0.2, 0.25) is 0 Å². The molecule has 1 fully saturated rings. The van der Waals surface area contributed by atoms with Gasteiger partial charge in [0.1, 0.15) is 0 Å². The van der Waals surface area contributed by atoms with Crippen molar-refractivity contribution in [1.29, 1.82) is 10.5 Å². The summed E-state index contributed by atoms with van der Waals surface area (Å²) in [5.74, 6) is -1.70. The highest BCUT2D eigenvalue weighted by Crippen LogP contribution is 2.23. The highest BCUT2D eigenvalue weighted by molar-refractivity contribution is 5.88. The summed E-state index contributed by atoms with van der Waals surface area (Å²) in [6.45, 7) is 2.34. The van der Waals surface area contributed by atoms with Crippen LogP contribution in [0.1, 0.15) is 13.3 Å². The number of hydrogen-bond acceptors (Lipinski definition) is 4. The first-order valence-electron chi connectivity index (χ1n) is 4.15. The van der Waals surface area contributed by atoms with Gasteiger partial charge in [-0.1, -0.05) is 0 Å². The van der Waals surface area contributed by atoms with E-state index in [0.717, 1.165) is 0 Å². The third-order valence-electron chi connectivity index (χ3n) is 2.28. The van der Waals surface area contributed by atoms with Crippen molar-refractivity contribution in [3.8, 4) is 12.1 Å². The lowest BCUT2D eigenvalue weighted by Gasteiger charge is -2.11. The van der Waals surface area contributed by atoms with Gasteiger partial charge >= 0.3 is 0 Å². The van der Waals surface area contributed by atoms with E-state index in [0.29, 0.717) is 13.0 Å². The molecule has 1 aliphatic heterocycles. The lowest BCUT2D eigenvalue weighted by Crippen LogP contribution is -2.26. The van der Waals surface area contributed by atoms with Crippen LogP contribution in [-0.4, -0.2) is 18.5 Å². The number of rotatable bonds is 2. The summed E-state index contributed by atoms with van der Waals surface area (Å²) in [4.78, 5) is 11.5. The van der Waals surface area contributed by atoms with E-state index in [1.807, 2.05) is 0 Å². The van der Waals surface area contributed by atoms with E-state index < -0.39 is 5.92 Å². The molecule has 0 N–H and O–H groups in total. The Morgan fingerprint density at radius 1 is 1.54 bits per heavy atom. The van der Waals surface area contributed by atoms with Crippen molar-refractivity contribution in [2.24, 2.45) is 11.8 Å². The van der Waals surface area contributed by atoms with E-state index in [1.54, 1.807) is 19.1 Å². The molecular weight excluding hydrogens is 168 g/mol. The molecule has 0 bridgehead atoms. The summed E-state index contributed by atoms with van der Waals surface area (Å²) in [5, 5.41) is 17.0. The minimum atomic E-state index is -1.13. The molecule has 0 aromatic heterocycles. The molecule has 4 nitrogen and oxygen atoms in total.